The van der Waals surface area contributed by atoms with E-state index in [1.807, 2.05) is 25.1 Å². The molecule has 0 aliphatic carbocycles. The lowest BCUT2D eigenvalue weighted by atomic mass is 10.1. The highest BCUT2D eigenvalue weighted by molar-refractivity contribution is 5.92. The molecule has 0 bridgehead atoms. The van der Waals surface area contributed by atoms with Gasteiger partial charge in [-0.25, -0.2) is 4.79 Å². The number of nitrogens with one attached hydrogen (secondary N) is 1. The largest absolute Gasteiger partial charge is 0.449 e. The minimum Gasteiger partial charge on any atom is -0.449 e. The van der Waals surface area contributed by atoms with Crippen molar-refractivity contribution in [1.29, 1.82) is 0 Å². The molecule has 0 saturated heterocycles. The van der Waals surface area contributed by atoms with Gasteiger partial charge in [0.05, 0.1) is 5.56 Å². The summed E-state index contributed by atoms with van der Waals surface area (Å²) in [5.41, 5.74) is 1.99. The SMILES string of the molecule is C[C@H](CCc1ccccc1)NC(=O)[C@@H](C)OC(=O)c1ccc(C=O)cc1. The Labute approximate surface area is 153 Å². The molecule has 2 aromatic rings. The number of aryl methyl sites for hydroxylation is 1. The first-order chi connectivity index (χ1) is 12.5. The van der Waals surface area contributed by atoms with E-state index in [9.17, 15) is 14.4 Å². The molecule has 26 heavy (non-hydrogen) atoms. The van der Waals surface area contributed by atoms with Gasteiger partial charge in [0.25, 0.3) is 5.91 Å². The number of amides is 1. The van der Waals surface area contributed by atoms with Crippen molar-refractivity contribution in [3.8, 4) is 0 Å². The van der Waals surface area contributed by atoms with Gasteiger partial charge in [-0.05, 0) is 44.4 Å². The molecule has 2 atom stereocenters. The molecule has 0 fully saturated rings. The van der Waals surface area contributed by atoms with E-state index in [4.69, 9.17) is 4.74 Å². The number of benzene rings is 2. The van der Waals surface area contributed by atoms with E-state index in [-0.39, 0.29) is 11.9 Å². The van der Waals surface area contributed by atoms with E-state index >= 15 is 0 Å². The second-order valence-corrected chi connectivity index (χ2v) is 6.22. The molecule has 0 spiro atoms. The molecule has 1 amide bonds. The van der Waals surface area contributed by atoms with Crippen LogP contribution in [0.5, 0.6) is 0 Å². The summed E-state index contributed by atoms with van der Waals surface area (Å²) in [6.07, 6.45) is 1.46. The first-order valence-corrected chi connectivity index (χ1v) is 8.60. The van der Waals surface area contributed by atoms with E-state index < -0.39 is 12.1 Å². The number of esters is 1. The maximum absolute atomic E-state index is 12.2. The fraction of sp³-hybridized carbons (Fsp3) is 0.286. The number of carbonyl (C=O) groups is 3. The van der Waals surface area contributed by atoms with Gasteiger partial charge < -0.3 is 10.1 Å². The second-order valence-electron chi connectivity index (χ2n) is 6.22. The quantitative estimate of drug-likeness (QED) is 0.584. The predicted octanol–water partition coefficient (Wildman–Crippen LogP) is 3.18. The molecule has 0 unspecified atom stereocenters. The van der Waals surface area contributed by atoms with Crippen LogP contribution < -0.4 is 5.32 Å². The Morgan fingerprint density at radius 2 is 1.69 bits per heavy atom. The van der Waals surface area contributed by atoms with Gasteiger partial charge in [0.1, 0.15) is 6.29 Å². The third-order valence-electron chi connectivity index (χ3n) is 4.03. The highest BCUT2D eigenvalue weighted by atomic mass is 16.5. The predicted molar refractivity (Wildman–Crippen MR) is 99.1 cm³/mol. The first-order valence-electron chi connectivity index (χ1n) is 8.60. The molecule has 1 N–H and O–H groups in total. The van der Waals surface area contributed by atoms with Gasteiger partial charge in [-0.3, -0.25) is 9.59 Å². The van der Waals surface area contributed by atoms with Crippen molar-refractivity contribution in [2.45, 2.75) is 38.8 Å². The van der Waals surface area contributed by atoms with Crippen LogP contribution in [-0.2, 0) is 16.0 Å². The number of rotatable bonds is 8. The zero-order chi connectivity index (χ0) is 18.9. The molecule has 0 saturated carbocycles. The minimum atomic E-state index is -0.896. The molecule has 136 valence electrons. The van der Waals surface area contributed by atoms with Crippen LogP contribution in [0, 0.1) is 0 Å². The van der Waals surface area contributed by atoms with E-state index in [2.05, 4.69) is 17.4 Å². The minimum absolute atomic E-state index is 0.0317. The van der Waals surface area contributed by atoms with Gasteiger partial charge in [0.2, 0.25) is 0 Å². The van der Waals surface area contributed by atoms with Crippen LogP contribution in [0.3, 0.4) is 0 Å². The van der Waals surface area contributed by atoms with Crippen LogP contribution >= 0.6 is 0 Å². The molecule has 0 aliphatic heterocycles. The van der Waals surface area contributed by atoms with Crippen molar-refractivity contribution in [2.24, 2.45) is 0 Å². The molecule has 2 rings (SSSR count). The van der Waals surface area contributed by atoms with E-state index in [0.717, 1.165) is 12.8 Å². The van der Waals surface area contributed by atoms with E-state index in [1.165, 1.54) is 36.8 Å². The Bertz CT molecular complexity index is 740. The summed E-state index contributed by atoms with van der Waals surface area (Å²) in [6.45, 7) is 3.46. The number of hydrogen-bond donors (Lipinski definition) is 1. The van der Waals surface area contributed by atoms with Crippen molar-refractivity contribution < 1.29 is 19.1 Å². The summed E-state index contributed by atoms with van der Waals surface area (Å²) in [4.78, 5) is 34.9. The van der Waals surface area contributed by atoms with Crippen molar-refractivity contribution in [3.63, 3.8) is 0 Å². The Hall–Kier alpha value is -2.95. The summed E-state index contributed by atoms with van der Waals surface area (Å²) in [7, 11) is 0. The highest BCUT2D eigenvalue weighted by Gasteiger charge is 2.20. The van der Waals surface area contributed by atoms with E-state index in [0.29, 0.717) is 17.4 Å². The first kappa shape index (κ1) is 19.4. The van der Waals surface area contributed by atoms with Gasteiger partial charge in [-0.2, -0.15) is 0 Å². The fourth-order valence-corrected chi connectivity index (χ4v) is 2.44. The standard InChI is InChI=1S/C21H23NO4/c1-15(8-9-17-6-4-3-5-7-17)22-20(24)16(2)26-21(25)19-12-10-18(14-23)11-13-19/h3-7,10-16H,8-9H2,1-2H3,(H,22,24)/t15-,16-/m1/s1. The number of ether oxygens (including phenoxy) is 1. The van der Waals surface area contributed by atoms with Gasteiger partial charge in [-0.1, -0.05) is 42.5 Å². The monoisotopic (exact) mass is 353 g/mol. The third-order valence-corrected chi connectivity index (χ3v) is 4.03. The fourth-order valence-electron chi connectivity index (χ4n) is 2.44. The van der Waals surface area contributed by atoms with Crippen molar-refractivity contribution in [1.82, 2.24) is 5.32 Å². The topological polar surface area (TPSA) is 72.5 Å². The van der Waals surface area contributed by atoms with Crippen LogP contribution in [0.2, 0.25) is 0 Å². The summed E-state index contributed by atoms with van der Waals surface area (Å²) < 4.78 is 5.20. The molecule has 5 nitrogen and oxygen atoms in total. The van der Waals surface area contributed by atoms with Gasteiger partial charge in [0, 0.05) is 11.6 Å². The van der Waals surface area contributed by atoms with Crippen LogP contribution in [0.1, 0.15) is 46.5 Å². The van der Waals surface area contributed by atoms with Gasteiger partial charge in [0.15, 0.2) is 6.10 Å². The molecule has 2 aromatic carbocycles. The molecule has 0 aliphatic rings. The van der Waals surface area contributed by atoms with Crippen LogP contribution in [0.25, 0.3) is 0 Å². The maximum Gasteiger partial charge on any atom is 0.338 e. The van der Waals surface area contributed by atoms with Crippen LogP contribution in [0.4, 0.5) is 0 Å². The Morgan fingerprint density at radius 1 is 1.04 bits per heavy atom. The normalized spacial score (nSPS) is 12.7. The second kappa shape index (κ2) is 9.51. The van der Waals surface area contributed by atoms with Crippen molar-refractivity contribution in [3.05, 3.63) is 71.3 Å². The van der Waals surface area contributed by atoms with Crippen LogP contribution in [-0.4, -0.2) is 30.3 Å². The summed E-state index contributed by atoms with van der Waals surface area (Å²) >= 11 is 0. The van der Waals surface area contributed by atoms with Crippen molar-refractivity contribution in [2.75, 3.05) is 0 Å². The van der Waals surface area contributed by atoms with Crippen molar-refractivity contribution >= 4 is 18.2 Å². The Balaban J connectivity index is 1.80. The maximum atomic E-state index is 12.2. The molecule has 0 heterocycles. The average Bonchev–Trinajstić information content (AvgIpc) is 2.67. The zero-order valence-corrected chi connectivity index (χ0v) is 15.0. The third kappa shape index (κ3) is 5.84. The number of hydrogen-bond acceptors (Lipinski definition) is 4. The van der Waals surface area contributed by atoms with Gasteiger partial charge >= 0.3 is 5.97 Å². The Morgan fingerprint density at radius 3 is 2.31 bits per heavy atom. The highest BCUT2D eigenvalue weighted by Crippen LogP contribution is 2.08. The molecule has 5 heteroatoms. The molecular formula is C21H23NO4. The molecular weight excluding hydrogens is 330 g/mol. The molecule has 0 aromatic heterocycles. The summed E-state index contributed by atoms with van der Waals surface area (Å²) in [6, 6.07) is 16.1. The summed E-state index contributed by atoms with van der Waals surface area (Å²) in [5, 5.41) is 2.86. The number of aldehydes is 1. The van der Waals surface area contributed by atoms with Crippen LogP contribution in [0.15, 0.2) is 54.6 Å². The lowest BCUT2D eigenvalue weighted by molar-refractivity contribution is -0.129. The van der Waals surface area contributed by atoms with E-state index in [1.54, 1.807) is 0 Å². The molecule has 0 radical (unpaired) electrons. The Kier molecular flexibility index (Phi) is 7.09. The summed E-state index contributed by atoms with van der Waals surface area (Å²) in [5.74, 6) is -0.925. The average molecular weight is 353 g/mol. The smallest absolute Gasteiger partial charge is 0.338 e. The zero-order valence-electron chi connectivity index (χ0n) is 15.0. The lowest BCUT2D eigenvalue weighted by Gasteiger charge is -2.18. The van der Waals surface area contributed by atoms with Gasteiger partial charge in [-0.15, -0.1) is 0 Å². The number of carbonyl (C=O) groups excluding carboxylic acids is 3. The lowest BCUT2D eigenvalue weighted by Crippen LogP contribution is -2.41.